The van der Waals surface area contributed by atoms with E-state index in [-0.39, 0.29) is 12.3 Å². The van der Waals surface area contributed by atoms with Gasteiger partial charge in [0.25, 0.3) is 0 Å². The number of benzene rings is 1. The van der Waals surface area contributed by atoms with Gasteiger partial charge in [-0.05, 0) is 57.7 Å². The third kappa shape index (κ3) is 5.38. The van der Waals surface area contributed by atoms with Crippen molar-refractivity contribution in [2.45, 2.75) is 53.4 Å². The first-order chi connectivity index (χ1) is 13.3. The van der Waals surface area contributed by atoms with Crippen molar-refractivity contribution in [2.24, 2.45) is 0 Å². The van der Waals surface area contributed by atoms with Crippen molar-refractivity contribution in [3.63, 3.8) is 0 Å². The van der Waals surface area contributed by atoms with Gasteiger partial charge in [0.2, 0.25) is 5.91 Å². The van der Waals surface area contributed by atoms with Crippen LogP contribution in [0.3, 0.4) is 0 Å². The lowest BCUT2D eigenvalue weighted by molar-refractivity contribution is -0.137. The van der Waals surface area contributed by atoms with Crippen LogP contribution >= 0.6 is 0 Å². The number of ether oxygens (including phenoxy) is 1. The van der Waals surface area contributed by atoms with Crippen molar-refractivity contribution in [3.8, 4) is 5.75 Å². The van der Waals surface area contributed by atoms with Crippen LogP contribution in [0.2, 0.25) is 0 Å². The Morgan fingerprint density at radius 3 is 2.68 bits per heavy atom. The van der Waals surface area contributed by atoms with Crippen LogP contribution in [-0.2, 0) is 9.59 Å². The standard InChI is InChI=1S/C22H29NO5/c1-5-27-21-16(4)22-18(15(3)13-28-22)12-17(21)14(2)11-19(24)23-10-8-6-7-9-20(25)26/h11-13H,5-10H2,1-4H3,(H,23,24)(H,25,26)/b14-11+. The molecule has 1 amide bonds. The maximum absolute atomic E-state index is 12.3. The molecule has 1 aromatic heterocycles. The quantitative estimate of drug-likeness (QED) is 0.459. The maximum atomic E-state index is 12.3. The number of nitrogens with one attached hydrogen (secondary N) is 1. The third-order valence-electron chi connectivity index (χ3n) is 4.67. The van der Waals surface area contributed by atoms with Crippen molar-refractivity contribution in [3.05, 3.63) is 35.1 Å². The first-order valence-corrected chi connectivity index (χ1v) is 9.67. The molecule has 2 aromatic rings. The molecule has 0 unspecified atom stereocenters. The molecule has 152 valence electrons. The third-order valence-corrected chi connectivity index (χ3v) is 4.67. The zero-order valence-corrected chi connectivity index (χ0v) is 17.1. The molecule has 0 radical (unpaired) electrons. The molecule has 0 bridgehead atoms. The number of carboxylic acid groups (broad SMARTS) is 1. The largest absolute Gasteiger partial charge is 0.493 e. The van der Waals surface area contributed by atoms with E-state index < -0.39 is 5.97 Å². The van der Waals surface area contributed by atoms with E-state index in [1.165, 1.54) is 0 Å². The molecule has 0 spiro atoms. The number of allylic oxidation sites excluding steroid dienone is 1. The van der Waals surface area contributed by atoms with Crippen molar-refractivity contribution >= 4 is 28.4 Å². The van der Waals surface area contributed by atoms with Gasteiger partial charge in [0.05, 0.1) is 12.9 Å². The molecule has 28 heavy (non-hydrogen) atoms. The monoisotopic (exact) mass is 387 g/mol. The minimum Gasteiger partial charge on any atom is -0.493 e. The molecule has 1 aromatic carbocycles. The van der Waals surface area contributed by atoms with Gasteiger partial charge in [-0.2, -0.15) is 0 Å². The molecule has 0 saturated heterocycles. The van der Waals surface area contributed by atoms with Gasteiger partial charge in [-0.1, -0.05) is 6.42 Å². The highest BCUT2D eigenvalue weighted by atomic mass is 16.5. The summed E-state index contributed by atoms with van der Waals surface area (Å²) in [6.07, 6.45) is 5.64. The lowest BCUT2D eigenvalue weighted by Crippen LogP contribution is -2.22. The lowest BCUT2D eigenvalue weighted by atomic mass is 9.98. The fraction of sp³-hybridized carbons (Fsp3) is 0.455. The normalized spacial score (nSPS) is 11.6. The van der Waals surface area contributed by atoms with E-state index in [0.29, 0.717) is 19.6 Å². The summed E-state index contributed by atoms with van der Waals surface area (Å²) >= 11 is 0. The summed E-state index contributed by atoms with van der Waals surface area (Å²) in [4.78, 5) is 22.7. The van der Waals surface area contributed by atoms with Gasteiger partial charge in [-0.3, -0.25) is 9.59 Å². The van der Waals surface area contributed by atoms with Crippen LogP contribution < -0.4 is 10.1 Å². The van der Waals surface area contributed by atoms with Gasteiger partial charge in [-0.25, -0.2) is 0 Å². The number of hydrogen-bond acceptors (Lipinski definition) is 4. The number of furan rings is 1. The van der Waals surface area contributed by atoms with Gasteiger partial charge in [0, 0.05) is 35.6 Å². The summed E-state index contributed by atoms with van der Waals surface area (Å²) in [6.45, 7) is 8.83. The molecule has 2 rings (SSSR count). The van der Waals surface area contributed by atoms with Gasteiger partial charge in [-0.15, -0.1) is 0 Å². The maximum Gasteiger partial charge on any atom is 0.303 e. The highest BCUT2D eigenvalue weighted by molar-refractivity contribution is 5.98. The molecule has 0 aliphatic carbocycles. The smallest absolute Gasteiger partial charge is 0.303 e. The molecule has 0 atom stereocenters. The summed E-state index contributed by atoms with van der Waals surface area (Å²) in [7, 11) is 0. The number of unbranched alkanes of at least 4 members (excludes halogenated alkanes) is 2. The van der Waals surface area contributed by atoms with Crippen molar-refractivity contribution in [1.82, 2.24) is 5.32 Å². The molecule has 6 heteroatoms. The summed E-state index contributed by atoms with van der Waals surface area (Å²) in [5.41, 5.74) is 4.48. The van der Waals surface area contributed by atoms with Crippen LogP contribution in [0.4, 0.5) is 0 Å². The average Bonchev–Trinajstić information content (AvgIpc) is 3.01. The van der Waals surface area contributed by atoms with Gasteiger partial charge in [0.15, 0.2) is 0 Å². The zero-order chi connectivity index (χ0) is 20.7. The fourth-order valence-corrected chi connectivity index (χ4v) is 3.18. The highest BCUT2D eigenvalue weighted by Crippen LogP contribution is 2.37. The Kier molecular flexibility index (Phi) is 7.67. The molecule has 0 aliphatic rings. The second kappa shape index (κ2) is 9.97. The Morgan fingerprint density at radius 1 is 1.25 bits per heavy atom. The second-order valence-electron chi connectivity index (χ2n) is 6.93. The summed E-state index contributed by atoms with van der Waals surface area (Å²) < 4.78 is 11.5. The van der Waals surface area contributed by atoms with E-state index >= 15 is 0 Å². The van der Waals surface area contributed by atoms with E-state index in [9.17, 15) is 9.59 Å². The minimum atomic E-state index is -0.784. The van der Waals surface area contributed by atoms with E-state index in [0.717, 1.165) is 51.8 Å². The summed E-state index contributed by atoms with van der Waals surface area (Å²) in [6, 6.07) is 2.01. The number of carbonyl (C=O) groups excluding carboxylic acids is 1. The Labute approximate surface area is 165 Å². The van der Waals surface area contributed by atoms with Gasteiger partial charge in [0.1, 0.15) is 11.3 Å². The van der Waals surface area contributed by atoms with Crippen molar-refractivity contribution in [2.75, 3.05) is 13.2 Å². The molecule has 6 nitrogen and oxygen atoms in total. The first kappa shape index (κ1) is 21.5. The van der Waals surface area contributed by atoms with E-state index in [1.807, 2.05) is 33.8 Å². The van der Waals surface area contributed by atoms with Gasteiger partial charge >= 0.3 is 5.97 Å². The predicted octanol–water partition coefficient (Wildman–Crippen LogP) is 4.61. The summed E-state index contributed by atoms with van der Waals surface area (Å²) in [5, 5.41) is 12.5. The highest BCUT2D eigenvalue weighted by Gasteiger charge is 2.17. The SMILES string of the molecule is CCOc1c(/C(C)=C/C(=O)NCCCCCC(=O)O)cc2c(C)coc2c1C. The van der Waals surface area contributed by atoms with E-state index in [4.69, 9.17) is 14.3 Å². The number of carboxylic acids is 1. The molecule has 2 N–H and O–H groups in total. The molecular formula is C22H29NO5. The molecule has 1 heterocycles. The van der Waals surface area contributed by atoms with Crippen LogP contribution in [0.5, 0.6) is 5.75 Å². The Hall–Kier alpha value is -2.76. The Balaban J connectivity index is 2.11. The summed E-state index contributed by atoms with van der Waals surface area (Å²) in [5.74, 6) is -0.216. The minimum absolute atomic E-state index is 0.167. The molecule has 0 fully saturated rings. The molecule has 0 saturated carbocycles. The number of aryl methyl sites for hydroxylation is 2. The van der Waals surface area contributed by atoms with Crippen LogP contribution in [0.15, 0.2) is 22.8 Å². The van der Waals surface area contributed by atoms with Crippen LogP contribution in [0.25, 0.3) is 16.5 Å². The second-order valence-corrected chi connectivity index (χ2v) is 6.93. The first-order valence-electron chi connectivity index (χ1n) is 9.67. The number of amides is 1. The van der Waals surface area contributed by atoms with E-state index in [2.05, 4.69) is 5.32 Å². The van der Waals surface area contributed by atoms with Crippen molar-refractivity contribution < 1.29 is 23.8 Å². The number of hydrogen-bond donors (Lipinski definition) is 2. The predicted molar refractivity (Wildman–Crippen MR) is 110 cm³/mol. The van der Waals surface area contributed by atoms with Crippen LogP contribution in [-0.4, -0.2) is 30.1 Å². The number of fused-ring (bicyclic) bond motifs is 1. The van der Waals surface area contributed by atoms with Crippen molar-refractivity contribution in [1.29, 1.82) is 0 Å². The number of carbonyl (C=O) groups is 2. The van der Waals surface area contributed by atoms with Crippen LogP contribution in [0.1, 0.15) is 56.2 Å². The Morgan fingerprint density at radius 2 is 2.00 bits per heavy atom. The zero-order valence-electron chi connectivity index (χ0n) is 17.1. The van der Waals surface area contributed by atoms with E-state index in [1.54, 1.807) is 12.3 Å². The molecule has 0 aliphatic heterocycles. The topological polar surface area (TPSA) is 88.8 Å². The van der Waals surface area contributed by atoms with Gasteiger partial charge < -0.3 is 19.6 Å². The number of aliphatic carboxylic acids is 1. The Bertz CT molecular complexity index is 879. The van der Waals surface area contributed by atoms with Crippen LogP contribution in [0, 0.1) is 13.8 Å². The lowest BCUT2D eigenvalue weighted by Gasteiger charge is -2.14. The number of rotatable bonds is 10. The average molecular weight is 387 g/mol. The fourth-order valence-electron chi connectivity index (χ4n) is 3.18. The molecular weight excluding hydrogens is 358 g/mol.